The summed E-state index contributed by atoms with van der Waals surface area (Å²) >= 11 is 0. The lowest BCUT2D eigenvalue weighted by molar-refractivity contribution is -0.161. The van der Waals surface area contributed by atoms with Gasteiger partial charge in [0.05, 0.1) is 26.4 Å². The van der Waals surface area contributed by atoms with Crippen molar-refractivity contribution >= 4 is 39.5 Å². The molecule has 0 fully saturated rings. The van der Waals surface area contributed by atoms with E-state index >= 15 is 0 Å². The number of esters is 4. The van der Waals surface area contributed by atoms with E-state index in [4.69, 9.17) is 37.0 Å². The number of aliphatic hydroxyl groups excluding tert-OH is 1. The van der Waals surface area contributed by atoms with Gasteiger partial charge in [-0.25, -0.2) is 9.13 Å². The molecule has 110 heavy (non-hydrogen) atoms. The summed E-state index contributed by atoms with van der Waals surface area (Å²) in [5.41, 5.74) is 0. The van der Waals surface area contributed by atoms with E-state index in [-0.39, 0.29) is 25.7 Å². The molecule has 0 aliphatic heterocycles. The number of rotatable bonds is 92. The first-order chi connectivity index (χ1) is 53.7. The normalized spacial score (nSPS) is 13.6. The van der Waals surface area contributed by atoms with Crippen LogP contribution in [0.5, 0.6) is 0 Å². The Morgan fingerprint density at radius 1 is 0.218 bits per heavy atom. The molecule has 0 aromatic carbocycles. The highest BCUT2D eigenvalue weighted by Gasteiger charge is 2.31. The molecule has 0 rings (SSSR count). The summed E-state index contributed by atoms with van der Waals surface area (Å²) in [5.74, 6) is -2.09. The largest absolute Gasteiger partial charge is 0.472 e. The maximum absolute atomic E-state index is 13.2. The zero-order chi connectivity index (χ0) is 80.3. The van der Waals surface area contributed by atoms with Gasteiger partial charge in [-0.1, -0.05) is 451 Å². The molecule has 0 aliphatic carbocycles. The van der Waals surface area contributed by atoms with Crippen LogP contribution in [0, 0.1) is 0 Å². The summed E-state index contributed by atoms with van der Waals surface area (Å²) in [6, 6.07) is 0. The Bertz CT molecular complexity index is 2070. The minimum absolute atomic E-state index is 0.109. The van der Waals surface area contributed by atoms with Gasteiger partial charge in [0.2, 0.25) is 0 Å². The maximum Gasteiger partial charge on any atom is 0.472 e. The number of unbranched alkanes of at least 4 members (excludes halogenated alkanes) is 66. The smallest absolute Gasteiger partial charge is 0.462 e. The van der Waals surface area contributed by atoms with Gasteiger partial charge < -0.3 is 33.8 Å². The van der Waals surface area contributed by atoms with Crippen LogP contribution in [0.4, 0.5) is 0 Å². The molecule has 0 amide bonds. The van der Waals surface area contributed by atoms with Crippen molar-refractivity contribution in [3.05, 3.63) is 0 Å². The highest BCUT2D eigenvalue weighted by Crippen LogP contribution is 2.45. The van der Waals surface area contributed by atoms with E-state index in [0.717, 1.165) is 89.9 Å². The van der Waals surface area contributed by atoms with Gasteiger partial charge in [0.15, 0.2) is 12.2 Å². The molecule has 0 bridgehead atoms. The Kier molecular flexibility index (Phi) is 83.5. The molecule has 3 N–H and O–H groups in total. The van der Waals surface area contributed by atoms with Gasteiger partial charge in [-0.2, -0.15) is 0 Å². The van der Waals surface area contributed by atoms with Crippen molar-refractivity contribution < 1.29 is 80.2 Å². The molecular weight excluding hydrogens is 1430 g/mol. The third-order valence-electron chi connectivity index (χ3n) is 21.6. The lowest BCUT2D eigenvalue weighted by Gasteiger charge is -2.21. The van der Waals surface area contributed by atoms with Gasteiger partial charge in [0.25, 0.3) is 0 Å². The lowest BCUT2D eigenvalue weighted by atomic mass is 10.0. The van der Waals surface area contributed by atoms with Crippen molar-refractivity contribution in [1.29, 1.82) is 0 Å². The van der Waals surface area contributed by atoms with Crippen LogP contribution in [0.3, 0.4) is 0 Å². The Morgan fingerprint density at radius 3 is 0.536 bits per heavy atom. The van der Waals surface area contributed by atoms with Crippen LogP contribution in [0.25, 0.3) is 0 Å². The molecule has 0 aliphatic rings. The molecule has 5 atom stereocenters. The highest BCUT2D eigenvalue weighted by molar-refractivity contribution is 7.47. The summed E-state index contributed by atoms with van der Waals surface area (Å²) < 4.78 is 69.0. The first-order valence-corrected chi connectivity index (χ1v) is 50.3. The molecule has 0 spiro atoms. The minimum atomic E-state index is -4.97. The average molecular weight is 1610 g/mol. The van der Waals surface area contributed by atoms with Crippen LogP contribution in [-0.2, 0) is 65.4 Å². The van der Waals surface area contributed by atoms with Crippen molar-refractivity contribution in [2.24, 2.45) is 0 Å². The number of ether oxygens (including phenoxy) is 4. The van der Waals surface area contributed by atoms with E-state index < -0.39 is 97.5 Å². The Balaban J connectivity index is 5.21. The number of carbonyl (C=O) groups is 4. The molecule has 0 heterocycles. The summed E-state index contributed by atoms with van der Waals surface area (Å²) in [6.45, 7) is 5.08. The number of hydrogen-bond donors (Lipinski definition) is 3. The standard InChI is InChI=1S/C91H178O17P2/c1-5-9-13-17-21-25-29-32-35-38-41-43-44-46-49-52-55-58-62-66-70-74-78-91(96)108-87(82-102-89(94)76-72-68-64-60-56-53-50-48-45-42-39-36-33-30-26-22-18-14-10-6-2)84-106-110(99,100)104-80-85(92)79-103-109(97,98)105-83-86(81-101-88(93)75-71-67-63-59-28-24-20-16-12-8-4)107-90(95)77-73-69-65-61-57-54-51-47-40-37-34-31-27-23-19-15-11-7-3/h85-87,92H,5-84H2,1-4H3,(H,97,98)(H,99,100)/t85-,86+,87+/m0/s1. The molecule has 654 valence electrons. The molecular formula is C91H178O17P2. The van der Waals surface area contributed by atoms with E-state index in [2.05, 4.69) is 27.7 Å². The molecule has 0 saturated carbocycles. The van der Waals surface area contributed by atoms with Crippen LogP contribution >= 0.6 is 15.6 Å². The quantitative estimate of drug-likeness (QED) is 0.0222. The zero-order valence-electron chi connectivity index (χ0n) is 72.3. The zero-order valence-corrected chi connectivity index (χ0v) is 74.0. The van der Waals surface area contributed by atoms with Crippen molar-refractivity contribution in [3.8, 4) is 0 Å². The number of phosphoric ester groups is 2. The van der Waals surface area contributed by atoms with Crippen molar-refractivity contribution in [1.82, 2.24) is 0 Å². The fourth-order valence-electron chi connectivity index (χ4n) is 14.4. The second-order valence-corrected chi connectivity index (χ2v) is 35.6. The van der Waals surface area contributed by atoms with E-state index in [1.165, 1.54) is 334 Å². The van der Waals surface area contributed by atoms with Gasteiger partial charge in [-0.05, 0) is 25.7 Å². The van der Waals surface area contributed by atoms with Crippen LogP contribution < -0.4 is 0 Å². The van der Waals surface area contributed by atoms with Crippen LogP contribution in [0.1, 0.15) is 503 Å². The van der Waals surface area contributed by atoms with Gasteiger partial charge in [0.1, 0.15) is 19.3 Å². The first kappa shape index (κ1) is 108. The summed E-state index contributed by atoms with van der Waals surface area (Å²) in [7, 11) is -9.93. The van der Waals surface area contributed by atoms with E-state index in [1.807, 2.05) is 0 Å². The monoisotopic (exact) mass is 1610 g/mol. The number of phosphoric acid groups is 2. The fourth-order valence-corrected chi connectivity index (χ4v) is 16.0. The predicted molar refractivity (Wildman–Crippen MR) is 455 cm³/mol. The van der Waals surface area contributed by atoms with Crippen molar-refractivity contribution in [3.63, 3.8) is 0 Å². The molecule has 2 unspecified atom stereocenters. The predicted octanol–water partition coefficient (Wildman–Crippen LogP) is 28.5. The third kappa shape index (κ3) is 84.0. The molecule has 19 heteroatoms. The minimum Gasteiger partial charge on any atom is -0.462 e. The maximum atomic E-state index is 13.2. The molecule has 0 aromatic heterocycles. The van der Waals surface area contributed by atoms with Gasteiger partial charge in [-0.15, -0.1) is 0 Å². The number of carbonyl (C=O) groups excluding carboxylic acids is 4. The topological polar surface area (TPSA) is 237 Å². The molecule has 0 aromatic rings. The Morgan fingerprint density at radius 2 is 0.364 bits per heavy atom. The Hall–Kier alpha value is -1.94. The second-order valence-electron chi connectivity index (χ2n) is 32.7. The SMILES string of the molecule is CCCCCCCCCCCCCCCCCCCCCCCCC(=O)O[C@H](COC(=O)CCCCCCCCCCCCCCCCCCCCCC)COP(=O)(O)OC[C@@H](O)COP(=O)(O)OC[C@@H](COC(=O)CCCCCCCCCCCC)OC(=O)CCCCCCCCCCCCCCCCCCCC. The first-order valence-electron chi connectivity index (χ1n) is 47.3. The van der Waals surface area contributed by atoms with E-state index in [1.54, 1.807) is 0 Å². The summed E-state index contributed by atoms with van der Waals surface area (Å²) in [4.78, 5) is 73.4. The fraction of sp³-hybridized carbons (Fsp3) is 0.956. The lowest BCUT2D eigenvalue weighted by Crippen LogP contribution is -2.30. The highest BCUT2D eigenvalue weighted by atomic mass is 31.2. The van der Waals surface area contributed by atoms with E-state index in [9.17, 15) is 43.2 Å². The molecule has 0 radical (unpaired) electrons. The molecule has 17 nitrogen and oxygen atoms in total. The van der Waals surface area contributed by atoms with Crippen LogP contribution in [0.15, 0.2) is 0 Å². The third-order valence-corrected chi connectivity index (χ3v) is 23.5. The summed E-state index contributed by atoms with van der Waals surface area (Å²) in [5, 5.41) is 10.7. The average Bonchev–Trinajstić information content (AvgIpc) is 0.905. The van der Waals surface area contributed by atoms with Gasteiger partial charge >= 0.3 is 39.5 Å². The van der Waals surface area contributed by atoms with E-state index in [0.29, 0.717) is 25.7 Å². The number of hydrogen-bond acceptors (Lipinski definition) is 15. The number of aliphatic hydroxyl groups is 1. The Labute approximate surface area is 677 Å². The summed E-state index contributed by atoms with van der Waals surface area (Å²) in [6.07, 6.45) is 82.1. The van der Waals surface area contributed by atoms with Gasteiger partial charge in [-0.3, -0.25) is 37.3 Å². The van der Waals surface area contributed by atoms with Crippen LogP contribution in [0.2, 0.25) is 0 Å². The van der Waals surface area contributed by atoms with Crippen molar-refractivity contribution in [2.75, 3.05) is 39.6 Å². The van der Waals surface area contributed by atoms with Gasteiger partial charge in [0, 0.05) is 25.7 Å². The second kappa shape index (κ2) is 85.0. The van der Waals surface area contributed by atoms with Crippen molar-refractivity contribution in [2.45, 2.75) is 521 Å². The molecule has 0 saturated heterocycles. The van der Waals surface area contributed by atoms with Crippen LogP contribution in [-0.4, -0.2) is 96.7 Å².